The van der Waals surface area contributed by atoms with E-state index in [-0.39, 0.29) is 5.78 Å². The summed E-state index contributed by atoms with van der Waals surface area (Å²) in [5.74, 6) is -0.0564. The molecule has 0 aliphatic heterocycles. The number of aryl methyl sites for hydroxylation is 2. The monoisotopic (exact) mass is 320 g/mol. The van der Waals surface area contributed by atoms with Crippen LogP contribution in [0.1, 0.15) is 20.2 Å². The molecule has 3 aromatic heterocycles. The van der Waals surface area contributed by atoms with Crippen molar-refractivity contribution >= 4 is 33.6 Å². The highest BCUT2D eigenvalue weighted by Crippen LogP contribution is 2.30. The third-order valence-corrected chi connectivity index (χ3v) is 4.96. The quantitative estimate of drug-likeness (QED) is 0.740. The van der Waals surface area contributed by atoms with Crippen LogP contribution in [0.15, 0.2) is 12.4 Å². The van der Waals surface area contributed by atoms with Gasteiger partial charge >= 0.3 is 0 Å². The third kappa shape index (κ3) is 2.57. The Morgan fingerprint density at radius 2 is 2.19 bits per heavy atom. The largest absolute Gasteiger partial charge is 0.365 e. The summed E-state index contributed by atoms with van der Waals surface area (Å²) in [6.45, 7) is 1.82. The van der Waals surface area contributed by atoms with E-state index < -0.39 is 0 Å². The molecule has 0 aliphatic carbocycles. The van der Waals surface area contributed by atoms with E-state index >= 15 is 0 Å². The Hall–Kier alpha value is -2.13. The summed E-state index contributed by atoms with van der Waals surface area (Å²) in [7, 11) is 3.57. The van der Waals surface area contributed by atoms with Gasteiger partial charge in [0, 0.05) is 14.1 Å². The number of carbonyl (C=O) groups excluding carboxylic acids is 1. The average molecular weight is 320 g/mol. The fourth-order valence-corrected chi connectivity index (χ4v) is 3.52. The molecule has 0 amide bonds. The van der Waals surface area contributed by atoms with Gasteiger partial charge in [0.1, 0.15) is 10.7 Å². The van der Waals surface area contributed by atoms with Crippen LogP contribution in [-0.2, 0) is 7.05 Å². The summed E-state index contributed by atoms with van der Waals surface area (Å²) in [6.07, 6.45) is 3.36. The minimum Gasteiger partial charge on any atom is -0.365 e. The number of hydrogen-bond donors (Lipinski definition) is 1. The van der Waals surface area contributed by atoms with Crippen LogP contribution < -0.4 is 5.32 Å². The van der Waals surface area contributed by atoms with E-state index in [1.54, 1.807) is 31.2 Å². The minimum absolute atomic E-state index is 0.0564. The molecular formula is C12H12N6OS2. The molecule has 3 heterocycles. The first kappa shape index (κ1) is 13.8. The lowest BCUT2D eigenvalue weighted by Crippen LogP contribution is -1.97. The zero-order valence-electron chi connectivity index (χ0n) is 11.6. The molecule has 7 nitrogen and oxygen atoms in total. The molecule has 1 N–H and O–H groups in total. The number of hydrogen-bond acceptors (Lipinski definition) is 8. The Balaban J connectivity index is 1.95. The first-order chi connectivity index (χ1) is 10.1. The number of nitrogens with one attached hydrogen (secondary N) is 1. The predicted molar refractivity (Wildman–Crippen MR) is 81.9 cm³/mol. The van der Waals surface area contributed by atoms with Crippen LogP contribution in [0.25, 0.3) is 10.7 Å². The van der Waals surface area contributed by atoms with E-state index in [1.807, 2.05) is 6.92 Å². The highest BCUT2D eigenvalue weighted by atomic mass is 32.1. The first-order valence-corrected chi connectivity index (χ1v) is 7.74. The molecule has 3 rings (SSSR count). The van der Waals surface area contributed by atoms with Crippen molar-refractivity contribution in [1.82, 2.24) is 25.0 Å². The molecule has 0 aliphatic rings. The van der Waals surface area contributed by atoms with Crippen molar-refractivity contribution in [3.05, 3.63) is 27.8 Å². The molecule has 0 unspecified atom stereocenters. The number of ketones is 1. The van der Waals surface area contributed by atoms with Crippen LogP contribution in [0.5, 0.6) is 0 Å². The van der Waals surface area contributed by atoms with Gasteiger partial charge in [-0.2, -0.15) is 0 Å². The van der Waals surface area contributed by atoms with E-state index in [4.69, 9.17) is 0 Å². The van der Waals surface area contributed by atoms with Crippen LogP contribution in [0.3, 0.4) is 0 Å². The molecule has 0 saturated carbocycles. The van der Waals surface area contributed by atoms with Crippen LogP contribution in [-0.4, -0.2) is 37.8 Å². The van der Waals surface area contributed by atoms with Crippen LogP contribution >= 0.6 is 22.7 Å². The molecular weight excluding hydrogens is 308 g/mol. The molecule has 0 atom stereocenters. The average Bonchev–Trinajstić information content (AvgIpc) is 3.17. The first-order valence-electron chi connectivity index (χ1n) is 6.11. The van der Waals surface area contributed by atoms with Gasteiger partial charge < -0.3 is 5.32 Å². The topological polar surface area (TPSA) is 85.6 Å². The van der Waals surface area contributed by atoms with Crippen LogP contribution in [0.2, 0.25) is 0 Å². The van der Waals surface area contributed by atoms with E-state index in [1.165, 1.54) is 22.7 Å². The molecule has 0 fully saturated rings. The Kier molecular flexibility index (Phi) is 3.52. The highest BCUT2D eigenvalue weighted by molar-refractivity contribution is 7.20. The predicted octanol–water partition coefficient (Wildman–Crippen LogP) is 1.98. The zero-order valence-corrected chi connectivity index (χ0v) is 13.2. The maximum atomic E-state index is 12.5. The maximum absolute atomic E-state index is 12.5. The molecule has 0 radical (unpaired) electrons. The van der Waals surface area contributed by atoms with Crippen molar-refractivity contribution in [2.45, 2.75) is 6.92 Å². The van der Waals surface area contributed by atoms with Gasteiger partial charge in [-0.05, 0) is 6.92 Å². The molecule has 9 heteroatoms. The smallest absolute Gasteiger partial charge is 0.216 e. The van der Waals surface area contributed by atoms with Gasteiger partial charge in [-0.15, -0.1) is 16.4 Å². The molecule has 0 bridgehead atoms. The van der Waals surface area contributed by atoms with Gasteiger partial charge in [0.2, 0.25) is 5.78 Å². The Morgan fingerprint density at radius 3 is 2.81 bits per heavy atom. The Bertz CT molecular complexity index is 802. The third-order valence-electron chi connectivity index (χ3n) is 2.77. The van der Waals surface area contributed by atoms with Crippen molar-refractivity contribution in [3.63, 3.8) is 0 Å². The number of aromatic nitrogens is 5. The summed E-state index contributed by atoms with van der Waals surface area (Å²) in [4.78, 5) is 22.3. The van der Waals surface area contributed by atoms with E-state index in [0.29, 0.717) is 26.1 Å². The molecule has 21 heavy (non-hydrogen) atoms. The second-order valence-electron chi connectivity index (χ2n) is 4.32. The van der Waals surface area contributed by atoms with Gasteiger partial charge in [0.05, 0.1) is 27.8 Å². The van der Waals surface area contributed by atoms with E-state index in [0.717, 1.165) is 5.13 Å². The van der Waals surface area contributed by atoms with Crippen molar-refractivity contribution in [2.24, 2.45) is 7.05 Å². The normalized spacial score (nSPS) is 10.8. The molecule has 3 aromatic rings. The fourth-order valence-electron chi connectivity index (χ4n) is 1.77. The number of thiazole rings is 2. The lowest BCUT2D eigenvalue weighted by atomic mass is 10.2. The minimum atomic E-state index is -0.0564. The summed E-state index contributed by atoms with van der Waals surface area (Å²) >= 11 is 2.66. The lowest BCUT2D eigenvalue weighted by molar-refractivity contribution is 0.104. The van der Waals surface area contributed by atoms with Crippen molar-refractivity contribution in [3.8, 4) is 10.7 Å². The number of carbonyl (C=O) groups is 1. The molecule has 108 valence electrons. The van der Waals surface area contributed by atoms with Crippen LogP contribution in [0.4, 0.5) is 5.13 Å². The van der Waals surface area contributed by atoms with Crippen molar-refractivity contribution < 1.29 is 4.79 Å². The van der Waals surface area contributed by atoms with Gasteiger partial charge in [-0.25, -0.2) is 9.97 Å². The second kappa shape index (κ2) is 5.34. The SMILES string of the molecule is CNc1ncc(C(=O)c2sc(-c3cn(C)nn3)nc2C)s1. The van der Waals surface area contributed by atoms with Gasteiger partial charge in [-0.1, -0.05) is 16.6 Å². The number of nitrogens with zero attached hydrogens (tertiary/aromatic N) is 5. The molecule has 0 spiro atoms. The fraction of sp³-hybridized carbons (Fsp3) is 0.250. The second-order valence-corrected chi connectivity index (χ2v) is 6.35. The molecule has 0 aromatic carbocycles. The number of anilines is 1. The highest BCUT2D eigenvalue weighted by Gasteiger charge is 2.20. The summed E-state index contributed by atoms with van der Waals surface area (Å²) in [6, 6.07) is 0. The Labute approximate surface area is 128 Å². The van der Waals surface area contributed by atoms with Gasteiger partial charge in [0.25, 0.3) is 0 Å². The molecule has 0 saturated heterocycles. The van der Waals surface area contributed by atoms with E-state index in [2.05, 4.69) is 25.6 Å². The van der Waals surface area contributed by atoms with Gasteiger partial charge in [-0.3, -0.25) is 9.48 Å². The maximum Gasteiger partial charge on any atom is 0.216 e. The van der Waals surface area contributed by atoms with Gasteiger partial charge in [0.15, 0.2) is 5.13 Å². The zero-order chi connectivity index (χ0) is 15.0. The summed E-state index contributed by atoms with van der Waals surface area (Å²) in [5.41, 5.74) is 1.37. The standard InChI is InChI=1S/C12H12N6OS2/c1-6-10(9(19)8-4-14-12(13-2)20-8)21-11(15-6)7-5-18(3)17-16-7/h4-5H,1-3H3,(H,13,14). The summed E-state index contributed by atoms with van der Waals surface area (Å²) in [5, 5.41) is 12.2. The summed E-state index contributed by atoms with van der Waals surface area (Å²) < 4.78 is 1.61. The van der Waals surface area contributed by atoms with Crippen molar-refractivity contribution in [2.75, 3.05) is 12.4 Å². The van der Waals surface area contributed by atoms with Crippen molar-refractivity contribution in [1.29, 1.82) is 0 Å². The number of rotatable bonds is 4. The Morgan fingerprint density at radius 1 is 1.38 bits per heavy atom. The lowest BCUT2D eigenvalue weighted by Gasteiger charge is -1.93. The van der Waals surface area contributed by atoms with E-state index in [9.17, 15) is 4.79 Å². The van der Waals surface area contributed by atoms with Crippen LogP contribution in [0, 0.1) is 6.92 Å².